The van der Waals surface area contributed by atoms with Gasteiger partial charge in [-0.2, -0.15) is 0 Å². The molecule has 2 rings (SSSR count). The Morgan fingerprint density at radius 2 is 1.90 bits per heavy atom. The summed E-state index contributed by atoms with van der Waals surface area (Å²) in [5.74, 6) is 1.17. The molecule has 1 aromatic carbocycles. The molecule has 4 nitrogen and oxygen atoms in total. The van der Waals surface area contributed by atoms with Gasteiger partial charge in [0.2, 0.25) is 5.91 Å². The molecule has 0 radical (unpaired) electrons. The first-order chi connectivity index (χ1) is 9.54. The lowest BCUT2D eigenvalue weighted by Gasteiger charge is -2.23. The minimum Gasteiger partial charge on any atom is -0.496 e. The first-order valence-corrected chi connectivity index (χ1v) is 7.21. The van der Waals surface area contributed by atoms with Crippen molar-refractivity contribution in [2.75, 3.05) is 25.5 Å². The molecule has 2 N–H and O–H groups in total. The highest BCUT2D eigenvalue weighted by Gasteiger charge is 2.22. The number of carbonyl (C=O) groups is 1. The van der Waals surface area contributed by atoms with E-state index in [1.807, 2.05) is 26.8 Å². The summed E-state index contributed by atoms with van der Waals surface area (Å²) in [4.78, 5) is 12.3. The highest BCUT2D eigenvalue weighted by molar-refractivity contribution is 5.93. The molecule has 1 fully saturated rings. The van der Waals surface area contributed by atoms with Crippen molar-refractivity contribution >= 4 is 11.6 Å². The van der Waals surface area contributed by atoms with E-state index in [-0.39, 0.29) is 11.8 Å². The maximum absolute atomic E-state index is 12.3. The Bertz CT molecular complexity index is 506. The van der Waals surface area contributed by atoms with E-state index in [9.17, 15) is 4.79 Å². The van der Waals surface area contributed by atoms with Crippen molar-refractivity contribution in [2.45, 2.75) is 33.6 Å². The van der Waals surface area contributed by atoms with Gasteiger partial charge in [0.15, 0.2) is 0 Å². The summed E-state index contributed by atoms with van der Waals surface area (Å²) >= 11 is 0. The third-order valence-electron chi connectivity index (χ3n) is 4.20. The van der Waals surface area contributed by atoms with E-state index in [2.05, 4.69) is 10.6 Å². The molecule has 0 bridgehead atoms. The molecule has 0 unspecified atom stereocenters. The molecule has 1 aromatic rings. The van der Waals surface area contributed by atoms with E-state index >= 15 is 0 Å². The van der Waals surface area contributed by atoms with E-state index in [0.717, 1.165) is 54.1 Å². The SMILES string of the molecule is COc1c(C)cc(NC(=O)C2CCNCC2)c(C)c1C. The average molecular weight is 276 g/mol. The zero-order valence-electron chi connectivity index (χ0n) is 12.8. The Balaban J connectivity index is 2.19. The van der Waals surface area contributed by atoms with Crippen molar-refractivity contribution in [2.24, 2.45) is 5.92 Å². The molecule has 110 valence electrons. The number of aryl methyl sites for hydroxylation is 1. The maximum Gasteiger partial charge on any atom is 0.227 e. The van der Waals surface area contributed by atoms with E-state index < -0.39 is 0 Å². The third-order valence-corrected chi connectivity index (χ3v) is 4.20. The fraction of sp³-hybridized carbons (Fsp3) is 0.562. The van der Waals surface area contributed by atoms with Crippen LogP contribution >= 0.6 is 0 Å². The van der Waals surface area contributed by atoms with Gasteiger partial charge in [0.05, 0.1) is 7.11 Å². The van der Waals surface area contributed by atoms with Crippen molar-refractivity contribution in [1.82, 2.24) is 5.32 Å². The standard InChI is InChI=1S/C16H24N2O2/c1-10-9-14(11(2)12(3)15(10)20-4)18-16(19)13-5-7-17-8-6-13/h9,13,17H,5-8H2,1-4H3,(H,18,19). The quantitative estimate of drug-likeness (QED) is 0.892. The van der Waals surface area contributed by atoms with E-state index in [1.165, 1.54) is 0 Å². The Hall–Kier alpha value is -1.55. The number of methoxy groups -OCH3 is 1. The van der Waals surface area contributed by atoms with Crippen LogP contribution in [0.5, 0.6) is 5.75 Å². The Morgan fingerprint density at radius 1 is 1.25 bits per heavy atom. The van der Waals surface area contributed by atoms with Crippen LogP contribution < -0.4 is 15.4 Å². The summed E-state index contributed by atoms with van der Waals surface area (Å²) in [7, 11) is 1.68. The van der Waals surface area contributed by atoms with Crippen LogP contribution in [0.25, 0.3) is 0 Å². The first kappa shape index (κ1) is 14.9. The number of carbonyl (C=O) groups excluding carboxylic acids is 1. The van der Waals surface area contributed by atoms with E-state index in [4.69, 9.17) is 4.74 Å². The number of ether oxygens (including phenoxy) is 1. The number of anilines is 1. The number of piperidine rings is 1. The van der Waals surface area contributed by atoms with E-state index in [0.29, 0.717) is 0 Å². The van der Waals surface area contributed by atoms with Gasteiger partial charge in [0, 0.05) is 11.6 Å². The van der Waals surface area contributed by atoms with Crippen LogP contribution in [0, 0.1) is 26.7 Å². The Labute approximate surface area is 120 Å². The smallest absolute Gasteiger partial charge is 0.227 e. The van der Waals surface area contributed by atoms with Crippen LogP contribution in [0.4, 0.5) is 5.69 Å². The van der Waals surface area contributed by atoms with Crippen molar-refractivity contribution in [3.8, 4) is 5.75 Å². The Kier molecular flexibility index (Phi) is 4.65. The highest BCUT2D eigenvalue weighted by atomic mass is 16.5. The summed E-state index contributed by atoms with van der Waals surface area (Å²) in [5, 5.41) is 6.37. The molecule has 0 atom stereocenters. The van der Waals surface area contributed by atoms with Gasteiger partial charge >= 0.3 is 0 Å². The maximum atomic E-state index is 12.3. The highest BCUT2D eigenvalue weighted by Crippen LogP contribution is 2.31. The molecule has 0 saturated carbocycles. The van der Waals surface area contributed by atoms with Crippen LogP contribution in [0.2, 0.25) is 0 Å². The second-order valence-corrected chi connectivity index (χ2v) is 5.54. The van der Waals surface area contributed by atoms with Crippen LogP contribution in [0.1, 0.15) is 29.5 Å². The van der Waals surface area contributed by atoms with Gasteiger partial charge in [-0.1, -0.05) is 0 Å². The molecule has 20 heavy (non-hydrogen) atoms. The lowest BCUT2D eigenvalue weighted by Crippen LogP contribution is -2.34. The third kappa shape index (κ3) is 2.96. The van der Waals surface area contributed by atoms with Crippen LogP contribution in [-0.4, -0.2) is 26.1 Å². The molecule has 1 saturated heterocycles. The number of rotatable bonds is 3. The number of amides is 1. The molecule has 1 aliphatic rings. The van der Waals surface area contributed by atoms with Crippen LogP contribution in [0.3, 0.4) is 0 Å². The average Bonchev–Trinajstić information content (AvgIpc) is 2.46. The van der Waals surface area contributed by atoms with Gasteiger partial charge < -0.3 is 15.4 Å². The van der Waals surface area contributed by atoms with Gasteiger partial charge in [-0.3, -0.25) is 4.79 Å². The van der Waals surface area contributed by atoms with Crippen molar-refractivity contribution in [3.63, 3.8) is 0 Å². The molecule has 4 heteroatoms. The van der Waals surface area contributed by atoms with Crippen molar-refractivity contribution < 1.29 is 9.53 Å². The predicted molar refractivity (Wildman–Crippen MR) is 81.4 cm³/mol. The summed E-state index contributed by atoms with van der Waals surface area (Å²) in [6.07, 6.45) is 1.83. The molecule has 1 amide bonds. The molecular weight excluding hydrogens is 252 g/mol. The van der Waals surface area contributed by atoms with Crippen LogP contribution in [-0.2, 0) is 4.79 Å². The number of benzene rings is 1. The monoisotopic (exact) mass is 276 g/mol. The number of hydrogen-bond acceptors (Lipinski definition) is 3. The second kappa shape index (κ2) is 6.27. The topological polar surface area (TPSA) is 50.4 Å². The molecular formula is C16H24N2O2. The second-order valence-electron chi connectivity index (χ2n) is 5.54. The lowest BCUT2D eigenvalue weighted by atomic mass is 9.96. The molecule has 0 aromatic heterocycles. The van der Waals surface area contributed by atoms with Crippen molar-refractivity contribution in [3.05, 3.63) is 22.8 Å². The lowest BCUT2D eigenvalue weighted by molar-refractivity contribution is -0.120. The van der Waals surface area contributed by atoms with Gasteiger partial charge in [-0.15, -0.1) is 0 Å². The predicted octanol–water partition coefficient (Wildman–Crippen LogP) is 2.56. The fourth-order valence-electron chi connectivity index (χ4n) is 2.82. The zero-order chi connectivity index (χ0) is 14.7. The number of hydrogen-bond donors (Lipinski definition) is 2. The molecule has 0 aliphatic carbocycles. The molecule has 1 aliphatic heterocycles. The summed E-state index contributed by atoms with van der Waals surface area (Å²) in [6.45, 7) is 7.91. The van der Waals surface area contributed by atoms with Gasteiger partial charge in [0.25, 0.3) is 0 Å². The minimum absolute atomic E-state index is 0.123. The summed E-state index contributed by atoms with van der Waals surface area (Å²) < 4.78 is 5.41. The normalized spacial score (nSPS) is 16.0. The number of nitrogens with one attached hydrogen (secondary N) is 2. The zero-order valence-corrected chi connectivity index (χ0v) is 12.8. The van der Waals surface area contributed by atoms with Gasteiger partial charge in [0.1, 0.15) is 5.75 Å². The largest absolute Gasteiger partial charge is 0.496 e. The van der Waals surface area contributed by atoms with E-state index in [1.54, 1.807) is 7.11 Å². The summed E-state index contributed by atoms with van der Waals surface area (Å²) in [6, 6.07) is 2.00. The summed E-state index contributed by atoms with van der Waals surface area (Å²) in [5.41, 5.74) is 4.13. The van der Waals surface area contributed by atoms with Crippen LogP contribution in [0.15, 0.2) is 6.07 Å². The van der Waals surface area contributed by atoms with Gasteiger partial charge in [-0.05, 0) is 69.5 Å². The fourth-order valence-corrected chi connectivity index (χ4v) is 2.82. The molecule has 0 spiro atoms. The first-order valence-electron chi connectivity index (χ1n) is 7.21. The van der Waals surface area contributed by atoms with Gasteiger partial charge in [-0.25, -0.2) is 0 Å². The minimum atomic E-state index is 0.123. The Morgan fingerprint density at radius 3 is 2.50 bits per heavy atom. The van der Waals surface area contributed by atoms with Crippen molar-refractivity contribution in [1.29, 1.82) is 0 Å². The molecule has 1 heterocycles.